The number of unbranched alkanes of at least 4 members (excludes halogenated alkanes) is 3. The number of halogens is 3. The van der Waals surface area contributed by atoms with Crippen molar-refractivity contribution in [2.75, 3.05) is 19.9 Å². The SMILES string of the molecule is CCCCCCSc1ccc([C@H]2N[C@@](C)(C(=O)OC)[C@H]3C(=O)N(C)C(=O)[C@@H]23)cc1.O=C(O)C(F)(F)F. The number of amides is 2. The molecule has 2 amide bonds. The van der Waals surface area contributed by atoms with Crippen LogP contribution < -0.4 is 5.32 Å². The number of rotatable bonds is 8. The molecule has 1 aromatic rings. The summed E-state index contributed by atoms with van der Waals surface area (Å²) in [4.78, 5) is 49.2. The molecule has 0 spiro atoms. The van der Waals surface area contributed by atoms with Gasteiger partial charge in [0.1, 0.15) is 5.54 Å². The fraction of sp³-hybridized carbons (Fsp3) is 0.583. The predicted molar refractivity (Wildman–Crippen MR) is 126 cm³/mol. The molecule has 0 unspecified atom stereocenters. The summed E-state index contributed by atoms with van der Waals surface area (Å²) < 4.78 is 36.7. The Hall–Kier alpha value is -2.60. The Bertz CT molecular complexity index is 972. The minimum atomic E-state index is -5.08. The largest absolute Gasteiger partial charge is 0.490 e. The van der Waals surface area contributed by atoms with Gasteiger partial charge in [0.05, 0.1) is 18.9 Å². The number of nitrogens with zero attached hydrogens (tertiary/aromatic N) is 1. The number of nitrogens with one attached hydrogen (secondary N) is 1. The number of carboxylic acid groups (broad SMARTS) is 1. The number of hydrogen-bond acceptors (Lipinski definition) is 7. The van der Waals surface area contributed by atoms with Crippen LogP contribution in [0.5, 0.6) is 0 Å². The van der Waals surface area contributed by atoms with Crippen molar-refractivity contribution in [3.63, 3.8) is 0 Å². The van der Waals surface area contributed by atoms with Crippen molar-refractivity contribution in [2.45, 2.75) is 62.2 Å². The topological polar surface area (TPSA) is 113 Å². The molecule has 2 N–H and O–H groups in total. The number of esters is 1. The lowest BCUT2D eigenvalue weighted by molar-refractivity contribution is -0.192. The van der Waals surface area contributed by atoms with E-state index < -0.39 is 41.5 Å². The van der Waals surface area contributed by atoms with Gasteiger partial charge in [0.2, 0.25) is 11.8 Å². The van der Waals surface area contributed by atoms with Gasteiger partial charge in [-0.3, -0.25) is 24.6 Å². The maximum absolute atomic E-state index is 12.8. The lowest BCUT2D eigenvalue weighted by atomic mass is 9.80. The highest BCUT2D eigenvalue weighted by molar-refractivity contribution is 7.99. The molecule has 2 fully saturated rings. The number of imide groups is 1. The van der Waals surface area contributed by atoms with Gasteiger partial charge in [-0.15, -0.1) is 11.8 Å². The van der Waals surface area contributed by atoms with Gasteiger partial charge in [-0.05, 0) is 36.8 Å². The van der Waals surface area contributed by atoms with Crippen LogP contribution in [0.3, 0.4) is 0 Å². The molecule has 0 saturated carbocycles. The summed E-state index contributed by atoms with van der Waals surface area (Å²) in [5.41, 5.74) is -0.326. The van der Waals surface area contributed by atoms with E-state index in [9.17, 15) is 27.6 Å². The van der Waals surface area contributed by atoms with Crippen molar-refractivity contribution < 1.29 is 42.2 Å². The van der Waals surface area contributed by atoms with Crippen molar-refractivity contribution >= 4 is 35.5 Å². The highest BCUT2D eigenvalue weighted by atomic mass is 32.2. The van der Waals surface area contributed by atoms with Gasteiger partial charge < -0.3 is 9.84 Å². The summed E-state index contributed by atoms with van der Waals surface area (Å²) >= 11 is 1.83. The average molecular weight is 533 g/mol. The first-order valence-corrected chi connectivity index (χ1v) is 12.5. The number of carbonyl (C=O) groups excluding carboxylic acids is 3. The first kappa shape index (κ1) is 29.6. The Balaban J connectivity index is 0.000000572. The van der Waals surface area contributed by atoms with Crippen LogP contribution in [0, 0.1) is 11.8 Å². The molecule has 2 saturated heterocycles. The molecule has 4 atom stereocenters. The number of methoxy groups -OCH3 is 1. The van der Waals surface area contributed by atoms with Gasteiger partial charge in [0.15, 0.2) is 0 Å². The first-order valence-electron chi connectivity index (χ1n) is 11.5. The third-order valence-electron chi connectivity index (χ3n) is 6.37. The van der Waals surface area contributed by atoms with E-state index in [4.69, 9.17) is 14.6 Å². The zero-order chi connectivity index (χ0) is 27.3. The molecule has 1 aromatic carbocycles. The molecular weight excluding hydrogens is 501 g/mol. The van der Waals surface area contributed by atoms with Crippen LogP contribution in [-0.4, -0.2) is 65.4 Å². The van der Waals surface area contributed by atoms with Gasteiger partial charge in [-0.25, -0.2) is 4.79 Å². The Morgan fingerprint density at radius 2 is 1.72 bits per heavy atom. The van der Waals surface area contributed by atoms with E-state index >= 15 is 0 Å². The van der Waals surface area contributed by atoms with E-state index in [2.05, 4.69) is 24.4 Å². The molecule has 200 valence electrons. The van der Waals surface area contributed by atoms with Gasteiger partial charge in [0, 0.05) is 18.0 Å². The fourth-order valence-corrected chi connectivity index (χ4v) is 5.37. The summed E-state index contributed by atoms with van der Waals surface area (Å²) in [6, 6.07) is 7.67. The van der Waals surface area contributed by atoms with Crippen LogP contribution >= 0.6 is 11.8 Å². The lowest BCUT2D eigenvalue weighted by Crippen LogP contribution is -2.53. The molecule has 2 aliphatic heterocycles. The number of benzene rings is 1. The standard InChI is InChI=1S/C22H30N2O4S.C2HF3O2/c1-5-6-7-8-13-29-15-11-9-14(10-12-15)18-16-17(20(26)24(3)19(16)25)22(2,23-18)21(27)28-4;3-2(4,5)1(6)7/h9-12,16-18,23H,5-8,13H2,1-4H3;(H,6,7)/t16-,17-,18-,22-;/m1./s1. The number of thioether (sulfide) groups is 1. The Labute approximate surface area is 211 Å². The Morgan fingerprint density at radius 3 is 2.22 bits per heavy atom. The first-order chi connectivity index (χ1) is 16.8. The van der Waals surface area contributed by atoms with E-state index in [1.54, 1.807) is 6.92 Å². The van der Waals surface area contributed by atoms with Crippen molar-refractivity contribution in [3.05, 3.63) is 29.8 Å². The highest BCUT2D eigenvalue weighted by Gasteiger charge is 2.66. The van der Waals surface area contributed by atoms with Gasteiger partial charge in [-0.1, -0.05) is 38.3 Å². The fourth-order valence-electron chi connectivity index (χ4n) is 4.46. The molecule has 8 nitrogen and oxygen atoms in total. The van der Waals surface area contributed by atoms with Crippen LogP contribution in [0.4, 0.5) is 13.2 Å². The van der Waals surface area contributed by atoms with Crippen LogP contribution in [0.2, 0.25) is 0 Å². The van der Waals surface area contributed by atoms with Crippen molar-refractivity contribution in [1.82, 2.24) is 10.2 Å². The molecule has 12 heteroatoms. The summed E-state index contributed by atoms with van der Waals surface area (Å²) in [5, 5.41) is 10.4. The minimum Gasteiger partial charge on any atom is -0.475 e. The normalized spacial score (nSPS) is 25.3. The summed E-state index contributed by atoms with van der Waals surface area (Å²) in [6.07, 6.45) is -0.118. The molecule has 0 bridgehead atoms. The van der Waals surface area contributed by atoms with Crippen molar-refractivity contribution in [2.24, 2.45) is 11.8 Å². The van der Waals surface area contributed by atoms with Crippen LogP contribution in [0.25, 0.3) is 0 Å². The molecule has 0 aliphatic carbocycles. The number of alkyl halides is 3. The van der Waals surface area contributed by atoms with E-state index in [-0.39, 0.29) is 11.8 Å². The molecule has 36 heavy (non-hydrogen) atoms. The number of likely N-dealkylation sites (tertiary alicyclic amines) is 1. The van der Waals surface area contributed by atoms with Gasteiger partial charge in [0.25, 0.3) is 0 Å². The molecule has 3 rings (SSSR count). The maximum Gasteiger partial charge on any atom is 0.490 e. The smallest absolute Gasteiger partial charge is 0.475 e. The maximum atomic E-state index is 12.8. The summed E-state index contributed by atoms with van der Waals surface area (Å²) in [6.45, 7) is 3.86. The zero-order valence-electron chi connectivity index (χ0n) is 20.6. The molecule has 2 aliphatic rings. The number of hydrogen-bond donors (Lipinski definition) is 2. The highest BCUT2D eigenvalue weighted by Crippen LogP contribution is 2.48. The van der Waals surface area contributed by atoms with Gasteiger partial charge in [-0.2, -0.15) is 13.2 Å². The van der Waals surface area contributed by atoms with Gasteiger partial charge >= 0.3 is 18.1 Å². The Morgan fingerprint density at radius 1 is 1.14 bits per heavy atom. The molecule has 0 aromatic heterocycles. The average Bonchev–Trinajstić information content (AvgIpc) is 3.27. The monoisotopic (exact) mass is 532 g/mol. The summed E-state index contributed by atoms with van der Waals surface area (Å²) in [5.74, 6) is -4.14. The second-order valence-corrected chi connectivity index (χ2v) is 10.0. The number of carboxylic acids is 1. The van der Waals surface area contributed by atoms with E-state index in [1.165, 1.54) is 44.7 Å². The Kier molecular flexibility index (Phi) is 9.95. The third kappa shape index (κ3) is 6.39. The van der Waals surface area contributed by atoms with Crippen LogP contribution in [-0.2, 0) is 23.9 Å². The number of carbonyl (C=O) groups is 4. The zero-order valence-corrected chi connectivity index (χ0v) is 21.4. The van der Waals surface area contributed by atoms with E-state index in [0.717, 1.165) is 16.2 Å². The quantitative estimate of drug-likeness (QED) is 0.225. The number of fused-ring (bicyclic) bond motifs is 1. The summed E-state index contributed by atoms with van der Waals surface area (Å²) in [7, 11) is 2.78. The van der Waals surface area contributed by atoms with E-state index in [0.29, 0.717) is 0 Å². The van der Waals surface area contributed by atoms with E-state index in [1.807, 2.05) is 23.9 Å². The second kappa shape index (κ2) is 12.1. The molecule has 0 radical (unpaired) electrons. The second-order valence-electron chi connectivity index (χ2n) is 8.84. The predicted octanol–water partition coefficient (Wildman–Crippen LogP) is 3.80. The number of ether oxygens (including phenoxy) is 1. The van der Waals surface area contributed by atoms with Crippen LogP contribution in [0.1, 0.15) is 51.1 Å². The van der Waals surface area contributed by atoms with Crippen LogP contribution in [0.15, 0.2) is 29.2 Å². The van der Waals surface area contributed by atoms with Crippen molar-refractivity contribution in [3.8, 4) is 0 Å². The third-order valence-corrected chi connectivity index (χ3v) is 7.46. The van der Waals surface area contributed by atoms with Crippen molar-refractivity contribution in [1.29, 1.82) is 0 Å². The molecular formula is C24H31F3N2O6S. The molecule has 2 heterocycles. The lowest BCUT2D eigenvalue weighted by Gasteiger charge is -2.27. The minimum absolute atomic E-state index is 0.250. The number of aliphatic carboxylic acids is 1.